The first-order chi connectivity index (χ1) is 9.60. The van der Waals surface area contributed by atoms with Gasteiger partial charge in [-0.15, -0.1) is 11.6 Å². The summed E-state index contributed by atoms with van der Waals surface area (Å²) in [5, 5.41) is 0. The third-order valence-electron chi connectivity index (χ3n) is 2.97. The van der Waals surface area contributed by atoms with Crippen LogP contribution in [0.2, 0.25) is 0 Å². The molecule has 3 aromatic rings. The van der Waals surface area contributed by atoms with Crippen molar-refractivity contribution in [3.63, 3.8) is 0 Å². The molecule has 0 N–H and O–H groups in total. The molecule has 102 valence electrons. The van der Waals surface area contributed by atoms with Crippen LogP contribution in [0.25, 0.3) is 16.7 Å². The van der Waals surface area contributed by atoms with Crippen LogP contribution in [0.5, 0.6) is 0 Å². The summed E-state index contributed by atoms with van der Waals surface area (Å²) in [6, 6.07) is 10.7. The van der Waals surface area contributed by atoms with E-state index in [9.17, 15) is 4.39 Å². The highest BCUT2D eigenvalue weighted by Gasteiger charge is 2.13. The quantitative estimate of drug-likeness (QED) is 0.508. The number of fused-ring (bicyclic) bond motifs is 1. The van der Waals surface area contributed by atoms with Gasteiger partial charge >= 0.3 is 0 Å². The van der Waals surface area contributed by atoms with E-state index in [0.29, 0.717) is 16.0 Å². The maximum Gasteiger partial charge on any atom is 0.139 e. The van der Waals surface area contributed by atoms with Gasteiger partial charge in [-0.1, -0.05) is 15.9 Å². The summed E-state index contributed by atoms with van der Waals surface area (Å²) in [6.07, 6.45) is 0. The summed E-state index contributed by atoms with van der Waals surface area (Å²) in [6.45, 7) is 0. The first kappa shape index (κ1) is 14.0. The lowest BCUT2D eigenvalue weighted by molar-refractivity contribution is 0.620. The molecule has 2 nitrogen and oxygen atoms in total. The summed E-state index contributed by atoms with van der Waals surface area (Å²) in [7, 11) is 0. The number of rotatable bonds is 2. The topological polar surface area (TPSA) is 17.8 Å². The third kappa shape index (κ3) is 2.38. The van der Waals surface area contributed by atoms with Gasteiger partial charge < -0.3 is 0 Å². The molecule has 0 radical (unpaired) electrons. The molecule has 0 aliphatic heterocycles. The number of aromatic nitrogens is 2. The van der Waals surface area contributed by atoms with E-state index < -0.39 is 0 Å². The number of hydrogen-bond acceptors (Lipinski definition) is 1. The Hall–Kier alpha value is -0.910. The van der Waals surface area contributed by atoms with Crippen molar-refractivity contribution in [2.45, 2.75) is 5.88 Å². The van der Waals surface area contributed by atoms with E-state index in [1.54, 1.807) is 6.07 Å². The number of alkyl halides is 1. The van der Waals surface area contributed by atoms with E-state index in [4.69, 9.17) is 11.6 Å². The Kier molecular flexibility index (Phi) is 3.84. The smallest absolute Gasteiger partial charge is 0.139 e. The van der Waals surface area contributed by atoms with Crippen molar-refractivity contribution in [3.05, 3.63) is 57.0 Å². The zero-order valence-corrected chi connectivity index (χ0v) is 14.0. The second kappa shape index (κ2) is 5.47. The zero-order valence-electron chi connectivity index (χ0n) is 10.1. The predicted molar refractivity (Wildman–Crippen MR) is 86.0 cm³/mol. The van der Waals surface area contributed by atoms with Crippen LogP contribution in [0.3, 0.4) is 0 Å². The summed E-state index contributed by atoms with van der Waals surface area (Å²) in [4.78, 5) is 4.48. The molecule has 0 amide bonds. The second-order valence-corrected chi connectivity index (χ2v) is 6.27. The molecule has 0 spiro atoms. The fourth-order valence-corrected chi connectivity index (χ4v) is 2.88. The van der Waals surface area contributed by atoms with Crippen LogP contribution in [0.15, 0.2) is 45.3 Å². The lowest BCUT2D eigenvalue weighted by Crippen LogP contribution is -2.00. The third-order valence-corrected chi connectivity index (χ3v) is 4.34. The lowest BCUT2D eigenvalue weighted by atomic mass is 10.2. The average Bonchev–Trinajstić information content (AvgIpc) is 2.79. The Morgan fingerprint density at radius 2 is 1.95 bits per heavy atom. The van der Waals surface area contributed by atoms with Crippen LogP contribution in [-0.4, -0.2) is 9.55 Å². The molecule has 0 saturated carbocycles. The van der Waals surface area contributed by atoms with Gasteiger partial charge in [-0.05, 0) is 52.3 Å². The molecule has 0 aliphatic carbocycles. The lowest BCUT2D eigenvalue weighted by Gasteiger charge is -2.08. The molecule has 0 atom stereocenters. The van der Waals surface area contributed by atoms with Gasteiger partial charge in [-0.3, -0.25) is 4.57 Å². The monoisotopic (exact) mass is 416 g/mol. The van der Waals surface area contributed by atoms with E-state index in [2.05, 4.69) is 36.8 Å². The van der Waals surface area contributed by atoms with E-state index >= 15 is 0 Å². The summed E-state index contributed by atoms with van der Waals surface area (Å²) >= 11 is 12.6. The Balaban J connectivity index is 2.32. The molecule has 2 aromatic carbocycles. The molecular weight excluding hydrogens is 410 g/mol. The number of halogens is 4. The molecule has 1 heterocycles. The van der Waals surface area contributed by atoms with Crippen LogP contribution in [0.1, 0.15) is 5.82 Å². The number of benzene rings is 2. The largest absolute Gasteiger partial charge is 0.295 e. The predicted octanol–water partition coefficient (Wildman–Crippen LogP) is 5.43. The highest BCUT2D eigenvalue weighted by Crippen LogP contribution is 2.27. The van der Waals surface area contributed by atoms with Crippen LogP contribution in [0, 0.1) is 5.82 Å². The Bertz CT molecular complexity index is 801. The van der Waals surface area contributed by atoms with Gasteiger partial charge in [0, 0.05) is 4.47 Å². The van der Waals surface area contributed by atoms with Crippen molar-refractivity contribution in [1.82, 2.24) is 9.55 Å². The van der Waals surface area contributed by atoms with Crippen molar-refractivity contribution < 1.29 is 4.39 Å². The maximum atomic E-state index is 13.8. The molecule has 0 aliphatic rings. The van der Waals surface area contributed by atoms with Crippen molar-refractivity contribution >= 4 is 54.5 Å². The maximum absolute atomic E-state index is 13.8. The second-order valence-electron chi connectivity index (χ2n) is 4.23. The van der Waals surface area contributed by atoms with Crippen LogP contribution in [-0.2, 0) is 5.88 Å². The molecule has 0 saturated heterocycles. The van der Waals surface area contributed by atoms with Gasteiger partial charge in [0.05, 0.1) is 27.1 Å². The number of imidazole rings is 1. The highest BCUT2D eigenvalue weighted by atomic mass is 79.9. The number of hydrogen-bond donors (Lipinski definition) is 0. The van der Waals surface area contributed by atoms with E-state index in [0.717, 1.165) is 15.5 Å². The molecule has 6 heteroatoms. The summed E-state index contributed by atoms with van der Waals surface area (Å²) in [5.41, 5.74) is 2.41. The Morgan fingerprint density at radius 3 is 2.65 bits per heavy atom. The normalized spacial score (nSPS) is 11.2. The fourth-order valence-electron chi connectivity index (χ4n) is 2.10. The Labute approximate surface area is 136 Å². The van der Waals surface area contributed by atoms with Crippen LogP contribution in [0.4, 0.5) is 4.39 Å². The minimum Gasteiger partial charge on any atom is -0.295 e. The first-order valence-electron chi connectivity index (χ1n) is 5.78. The average molecular weight is 418 g/mol. The minimum atomic E-state index is -0.320. The van der Waals surface area contributed by atoms with Crippen LogP contribution >= 0.6 is 43.5 Å². The molecule has 3 rings (SSSR count). The van der Waals surface area contributed by atoms with Crippen molar-refractivity contribution in [1.29, 1.82) is 0 Å². The van der Waals surface area contributed by atoms with Gasteiger partial charge in [-0.25, -0.2) is 9.37 Å². The number of nitrogens with zero attached hydrogens (tertiary/aromatic N) is 2. The zero-order chi connectivity index (χ0) is 14.3. The van der Waals surface area contributed by atoms with Crippen molar-refractivity contribution in [2.24, 2.45) is 0 Å². The molecule has 20 heavy (non-hydrogen) atoms. The summed E-state index contributed by atoms with van der Waals surface area (Å²) < 4.78 is 17.0. The minimum absolute atomic E-state index is 0.254. The van der Waals surface area contributed by atoms with E-state index in [-0.39, 0.29) is 11.7 Å². The van der Waals surface area contributed by atoms with Crippen molar-refractivity contribution in [3.8, 4) is 5.69 Å². The summed E-state index contributed by atoms with van der Waals surface area (Å²) in [5.74, 6) is 0.616. The standard InChI is InChI=1S/C14H8Br2ClFN2/c15-8-1-4-12-13(5-8)20(14(7-17)19-12)9-2-3-10(16)11(18)6-9/h1-6H,7H2. The van der Waals surface area contributed by atoms with Gasteiger partial charge in [-0.2, -0.15) is 0 Å². The van der Waals surface area contributed by atoms with E-state index in [1.165, 1.54) is 6.07 Å². The molecule has 0 fully saturated rings. The highest BCUT2D eigenvalue weighted by molar-refractivity contribution is 9.10. The molecule has 1 aromatic heterocycles. The van der Waals surface area contributed by atoms with Gasteiger partial charge in [0.15, 0.2) is 0 Å². The molecular formula is C14H8Br2ClFN2. The van der Waals surface area contributed by atoms with Crippen molar-refractivity contribution in [2.75, 3.05) is 0 Å². The SMILES string of the molecule is Fc1cc(-n2c(CCl)nc3ccc(Br)cc32)ccc1Br. The first-order valence-corrected chi connectivity index (χ1v) is 7.90. The Morgan fingerprint density at radius 1 is 1.15 bits per heavy atom. The van der Waals surface area contributed by atoms with E-state index in [1.807, 2.05) is 28.8 Å². The van der Waals surface area contributed by atoms with Gasteiger partial charge in [0.2, 0.25) is 0 Å². The van der Waals surface area contributed by atoms with Gasteiger partial charge in [0.1, 0.15) is 11.6 Å². The molecule has 0 bridgehead atoms. The fraction of sp³-hybridized carbons (Fsp3) is 0.0714. The molecule has 0 unspecified atom stereocenters. The van der Waals surface area contributed by atoms with Gasteiger partial charge in [0.25, 0.3) is 0 Å². The van der Waals surface area contributed by atoms with Crippen LogP contribution < -0.4 is 0 Å².